The van der Waals surface area contributed by atoms with Crippen molar-refractivity contribution >= 4 is 46.4 Å². The Kier molecular flexibility index (Phi) is 9.09. The Morgan fingerprint density at radius 2 is 1.90 bits per heavy atom. The summed E-state index contributed by atoms with van der Waals surface area (Å²) in [7, 11) is 0. The second kappa shape index (κ2) is 12.7. The number of likely N-dealkylation sites (tertiary alicyclic amines) is 1. The number of aliphatic hydroxyl groups is 2. The van der Waals surface area contributed by atoms with E-state index in [0.717, 1.165) is 27.2 Å². The largest absolute Gasteiger partial charge is 0.508 e. The zero-order valence-corrected chi connectivity index (χ0v) is 24.4. The molecule has 0 bridgehead atoms. The number of fused-ring (bicyclic) bond motifs is 1. The molecular weight excluding hydrogens is 558 g/mol. The van der Waals surface area contributed by atoms with Crippen LogP contribution in [0.15, 0.2) is 77.2 Å². The molecular formula is C33H34ClNO5S. The van der Waals surface area contributed by atoms with Crippen molar-refractivity contribution < 1.29 is 24.9 Å². The standard InChI is InChI=1S/C33H34ClNO5S/c1-2-20-16-26-31(33(40)35(32(26)39)18-25-9-6-14-41-25)27(19-36)30(20)29(38)13-11-22(21-7-4-3-5-8-21)15-23-10-12-24(37)17-28(23)34/h3-10,12,14-15,17,26-27,29,31,36-38H,2,11,13,16,18-19H2,1H3/b22-15-/t26-,27+,29-,31-/m1/s1. The van der Waals surface area contributed by atoms with Gasteiger partial charge in [-0.2, -0.15) is 0 Å². The van der Waals surface area contributed by atoms with Gasteiger partial charge in [0, 0.05) is 10.8 Å². The van der Waals surface area contributed by atoms with E-state index in [0.29, 0.717) is 36.3 Å². The molecule has 1 aromatic heterocycles. The maximum atomic E-state index is 13.6. The average molecular weight is 592 g/mol. The Labute approximate surface area is 249 Å². The Balaban J connectivity index is 1.41. The summed E-state index contributed by atoms with van der Waals surface area (Å²) >= 11 is 7.90. The van der Waals surface area contributed by atoms with Gasteiger partial charge < -0.3 is 15.3 Å². The van der Waals surface area contributed by atoms with Gasteiger partial charge in [-0.05, 0) is 83.7 Å². The van der Waals surface area contributed by atoms with Crippen molar-refractivity contribution in [1.29, 1.82) is 0 Å². The lowest BCUT2D eigenvalue weighted by atomic mass is 9.67. The first-order chi connectivity index (χ1) is 19.8. The van der Waals surface area contributed by atoms with Crippen molar-refractivity contribution in [3.05, 3.63) is 98.2 Å². The van der Waals surface area contributed by atoms with Crippen LogP contribution in [0.1, 0.15) is 48.6 Å². The van der Waals surface area contributed by atoms with Crippen molar-refractivity contribution in [3.63, 3.8) is 0 Å². The number of thiophene rings is 1. The Morgan fingerprint density at radius 1 is 1.12 bits per heavy atom. The highest BCUT2D eigenvalue weighted by atomic mass is 35.5. The van der Waals surface area contributed by atoms with E-state index in [1.54, 1.807) is 12.1 Å². The Hall–Kier alpha value is -3.23. The first-order valence-electron chi connectivity index (χ1n) is 13.9. The van der Waals surface area contributed by atoms with E-state index in [4.69, 9.17) is 11.6 Å². The number of halogens is 1. The summed E-state index contributed by atoms with van der Waals surface area (Å²) in [5.41, 5.74) is 4.34. The highest BCUT2D eigenvalue weighted by Crippen LogP contribution is 2.47. The summed E-state index contributed by atoms with van der Waals surface area (Å²) in [4.78, 5) is 29.2. The van der Waals surface area contributed by atoms with Crippen LogP contribution >= 0.6 is 22.9 Å². The lowest BCUT2D eigenvalue weighted by Crippen LogP contribution is -2.39. The molecule has 0 unspecified atom stereocenters. The number of nitrogens with zero attached hydrogens (tertiary/aromatic N) is 1. The van der Waals surface area contributed by atoms with Crippen molar-refractivity contribution in [3.8, 4) is 5.75 Å². The summed E-state index contributed by atoms with van der Waals surface area (Å²) in [5.74, 6) is -2.17. The quantitative estimate of drug-likeness (QED) is 0.146. The van der Waals surface area contributed by atoms with Gasteiger partial charge in [0.15, 0.2) is 0 Å². The maximum absolute atomic E-state index is 13.6. The van der Waals surface area contributed by atoms with Gasteiger partial charge in [0.1, 0.15) is 5.75 Å². The van der Waals surface area contributed by atoms with Crippen LogP contribution < -0.4 is 0 Å². The van der Waals surface area contributed by atoms with Crippen molar-refractivity contribution in [2.45, 2.75) is 45.3 Å². The van der Waals surface area contributed by atoms with Crippen LogP contribution in [0.25, 0.3) is 11.6 Å². The van der Waals surface area contributed by atoms with Crippen LogP contribution in [0.4, 0.5) is 0 Å². The van der Waals surface area contributed by atoms with Crippen LogP contribution in [0.5, 0.6) is 5.75 Å². The van der Waals surface area contributed by atoms with Gasteiger partial charge in [0.05, 0.1) is 36.1 Å². The molecule has 0 spiro atoms. The fraction of sp³-hybridized carbons (Fsp3) is 0.333. The Morgan fingerprint density at radius 3 is 2.56 bits per heavy atom. The van der Waals surface area contributed by atoms with E-state index < -0.39 is 23.9 Å². The third-order valence-electron chi connectivity index (χ3n) is 8.30. The predicted octanol–water partition coefficient (Wildman–Crippen LogP) is 6.31. The first-order valence-corrected chi connectivity index (χ1v) is 15.2. The van der Waals surface area contributed by atoms with Crippen LogP contribution in [0.2, 0.25) is 5.02 Å². The van der Waals surface area contributed by atoms with Crippen molar-refractivity contribution in [1.82, 2.24) is 4.90 Å². The number of aliphatic hydroxyl groups excluding tert-OH is 2. The number of allylic oxidation sites excluding steroid dienone is 2. The van der Waals surface area contributed by atoms with Gasteiger partial charge in [-0.15, -0.1) is 11.3 Å². The molecule has 1 saturated heterocycles. The van der Waals surface area contributed by atoms with Gasteiger partial charge in [0.2, 0.25) is 11.8 Å². The third-order valence-corrected chi connectivity index (χ3v) is 9.49. The molecule has 1 aliphatic heterocycles. The number of carbonyl (C=O) groups is 2. The lowest BCUT2D eigenvalue weighted by Gasteiger charge is -2.36. The molecule has 1 fully saturated rings. The summed E-state index contributed by atoms with van der Waals surface area (Å²) < 4.78 is 0. The predicted molar refractivity (Wildman–Crippen MR) is 162 cm³/mol. The molecule has 2 amide bonds. The number of carbonyl (C=O) groups excluding carboxylic acids is 2. The normalized spacial score (nSPS) is 21.9. The number of hydrogen-bond acceptors (Lipinski definition) is 6. The van der Waals surface area contributed by atoms with Crippen molar-refractivity contribution in [2.24, 2.45) is 17.8 Å². The zero-order valence-electron chi connectivity index (χ0n) is 22.9. The summed E-state index contributed by atoms with van der Waals surface area (Å²) in [6.45, 7) is 1.92. The van der Waals surface area contributed by atoms with Crippen LogP contribution in [-0.2, 0) is 16.1 Å². The molecule has 2 heterocycles. The summed E-state index contributed by atoms with van der Waals surface area (Å²) in [6, 6.07) is 18.5. The molecule has 2 aromatic carbocycles. The molecule has 2 aliphatic rings. The number of benzene rings is 2. The second-order valence-electron chi connectivity index (χ2n) is 10.7. The smallest absolute Gasteiger partial charge is 0.234 e. The lowest BCUT2D eigenvalue weighted by molar-refractivity contribution is -0.140. The molecule has 5 rings (SSSR count). The molecule has 41 heavy (non-hydrogen) atoms. The van der Waals surface area contributed by atoms with Gasteiger partial charge >= 0.3 is 0 Å². The van der Waals surface area contributed by atoms with Crippen LogP contribution in [0, 0.1) is 17.8 Å². The number of imide groups is 1. The first kappa shape index (κ1) is 29.3. The Bertz CT molecular complexity index is 1470. The number of aromatic hydroxyl groups is 1. The minimum Gasteiger partial charge on any atom is -0.508 e. The van der Waals surface area contributed by atoms with E-state index >= 15 is 0 Å². The number of amides is 2. The molecule has 6 nitrogen and oxygen atoms in total. The molecule has 4 atom stereocenters. The molecule has 8 heteroatoms. The topological polar surface area (TPSA) is 98.1 Å². The van der Waals surface area contributed by atoms with E-state index in [2.05, 4.69) is 0 Å². The molecule has 3 aromatic rings. The average Bonchev–Trinajstić information content (AvgIpc) is 3.58. The van der Waals surface area contributed by atoms with Crippen LogP contribution in [-0.4, -0.2) is 44.7 Å². The SMILES string of the molecule is CCC1=C([C@H](O)CC/C(=C/c2ccc(O)cc2Cl)c2ccccc2)[C@H](CO)[C@@H]2C(=O)N(Cc3cccs3)C(=O)[C@@H]2C1. The monoisotopic (exact) mass is 591 g/mol. The maximum Gasteiger partial charge on any atom is 0.234 e. The second-order valence-corrected chi connectivity index (χ2v) is 12.1. The molecule has 1 aliphatic carbocycles. The van der Waals surface area contributed by atoms with E-state index in [1.165, 1.54) is 22.3 Å². The van der Waals surface area contributed by atoms with Gasteiger partial charge in [-0.25, -0.2) is 0 Å². The molecule has 214 valence electrons. The van der Waals surface area contributed by atoms with E-state index in [1.807, 2.05) is 60.8 Å². The van der Waals surface area contributed by atoms with E-state index in [-0.39, 0.29) is 30.7 Å². The van der Waals surface area contributed by atoms with Gasteiger partial charge in [-0.3, -0.25) is 14.5 Å². The number of phenols is 1. The fourth-order valence-corrected chi connectivity index (χ4v) is 7.22. The highest BCUT2D eigenvalue weighted by Gasteiger charge is 2.54. The zero-order chi connectivity index (χ0) is 29.1. The minimum absolute atomic E-state index is 0.0856. The highest BCUT2D eigenvalue weighted by molar-refractivity contribution is 7.09. The number of hydrogen-bond donors (Lipinski definition) is 3. The van der Waals surface area contributed by atoms with E-state index in [9.17, 15) is 24.9 Å². The molecule has 3 N–H and O–H groups in total. The minimum atomic E-state index is -0.889. The van der Waals surface area contributed by atoms with Crippen LogP contribution in [0.3, 0.4) is 0 Å². The third kappa shape index (κ3) is 6.04. The van der Waals surface area contributed by atoms with Gasteiger partial charge in [0.25, 0.3) is 0 Å². The number of rotatable bonds is 10. The number of phenolic OH excluding ortho intramolecular Hbond substituents is 1. The van der Waals surface area contributed by atoms with Gasteiger partial charge in [-0.1, -0.05) is 60.5 Å². The fourth-order valence-electron chi connectivity index (χ4n) is 6.30. The summed E-state index contributed by atoms with van der Waals surface area (Å²) in [5, 5.41) is 34.3. The van der Waals surface area contributed by atoms with Crippen molar-refractivity contribution in [2.75, 3.05) is 6.61 Å². The summed E-state index contributed by atoms with van der Waals surface area (Å²) in [6.07, 6.45) is 2.99. The molecule has 0 radical (unpaired) electrons. The molecule has 0 saturated carbocycles.